The third-order valence-corrected chi connectivity index (χ3v) is 7.40. The zero-order valence-corrected chi connectivity index (χ0v) is 19.7. The maximum atomic E-state index is 13.9. The Bertz CT molecular complexity index is 1410. The molecule has 3 aliphatic rings. The van der Waals surface area contributed by atoms with Gasteiger partial charge in [-0.3, -0.25) is 5.41 Å². The monoisotopic (exact) mass is 482 g/mol. The molecule has 3 fully saturated rings. The second-order valence-electron chi connectivity index (χ2n) is 9.72. The third kappa shape index (κ3) is 4.34. The van der Waals surface area contributed by atoms with E-state index in [0.717, 1.165) is 29.9 Å². The number of rotatable bonds is 6. The number of nitrogens with two attached hydrogens (primary N) is 1. The first-order valence-electron chi connectivity index (χ1n) is 12.3. The molecule has 3 saturated carbocycles. The summed E-state index contributed by atoms with van der Waals surface area (Å²) in [5.41, 5.74) is 7.52. The van der Waals surface area contributed by atoms with Crippen LogP contribution in [0.2, 0.25) is 0 Å². The number of halogens is 1. The van der Waals surface area contributed by atoms with E-state index in [4.69, 9.17) is 15.6 Å². The van der Waals surface area contributed by atoms with E-state index in [2.05, 4.69) is 20.3 Å². The molecule has 7 nitrogen and oxygen atoms in total. The van der Waals surface area contributed by atoms with Crippen LogP contribution in [0, 0.1) is 23.1 Å². The van der Waals surface area contributed by atoms with Crippen molar-refractivity contribution in [1.29, 1.82) is 5.41 Å². The maximum Gasteiger partial charge on any atom is 0.180 e. The SMILES string of the molecule is N=C(c1nc(NC2CC3CCC2CC3)cc(-c2ccc(-c3ccccc3)o2)n1)c1cc(F)cnc1N. The number of hydrogen-bond donors (Lipinski definition) is 3. The molecule has 0 saturated heterocycles. The number of nitrogen functional groups attached to an aromatic ring is 1. The Labute approximate surface area is 208 Å². The molecular formula is C28H27FN6O. The molecule has 0 spiro atoms. The van der Waals surface area contributed by atoms with Crippen molar-refractivity contribution in [2.45, 2.75) is 38.1 Å². The van der Waals surface area contributed by atoms with E-state index in [9.17, 15) is 4.39 Å². The molecule has 3 heterocycles. The summed E-state index contributed by atoms with van der Waals surface area (Å²) in [4.78, 5) is 13.1. The molecule has 4 N–H and O–H groups in total. The van der Waals surface area contributed by atoms with Crippen LogP contribution in [0.15, 0.2) is 65.2 Å². The molecule has 36 heavy (non-hydrogen) atoms. The molecule has 0 aliphatic heterocycles. The van der Waals surface area contributed by atoms with Crippen molar-refractivity contribution >= 4 is 17.3 Å². The second kappa shape index (κ2) is 9.18. The molecule has 0 radical (unpaired) electrons. The minimum atomic E-state index is -0.574. The van der Waals surface area contributed by atoms with Crippen LogP contribution < -0.4 is 11.1 Å². The highest BCUT2D eigenvalue weighted by Crippen LogP contribution is 2.42. The summed E-state index contributed by atoms with van der Waals surface area (Å²) in [6.07, 6.45) is 7.21. The first-order chi connectivity index (χ1) is 17.5. The molecule has 1 aromatic carbocycles. The molecule has 8 heteroatoms. The number of aromatic nitrogens is 3. The predicted octanol–water partition coefficient (Wildman–Crippen LogP) is 5.93. The minimum Gasteiger partial charge on any atom is -0.454 e. The van der Waals surface area contributed by atoms with Gasteiger partial charge in [-0.2, -0.15) is 0 Å². The van der Waals surface area contributed by atoms with E-state index in [1.54, 1.807) is 0 Å². The Balaban J connectivity index is 1.39. The van der Waals surface area contributed by atoms with Gasteiger partial charge in [0.25, 0.3) is 0 Å². The van der Waals surface area contributed by atoms with Gasteiger partial charge in [0.2, 0.25) is 0 Å². The number of furan rings is 1. The molecule has 1 atom stereocenters. The highest BCUT2D eigenvalue weighted by molar-refractivity contribution is 6.11. The van der Waals surface area contributed by atoms with Gasteiger partial charge in [0, 0.05) is 23.2 Å². The normalized spacial score (nSPS) is 20.9. The number of fused-ring (bicyclic) bond motifs is 3. The van der Waals surface area contributed by atoms with E-state index in [1.807, 2.05) is 48.5 Å². The highest BCUT2D eigenvalue weighted by Gasteiger charge is 2.35. The summed E-state index contributed by atoms with van der Waals surface area (Å²) < 4.78 is 20.1. The number of nitrogens with zero attached hydrogens (tertiary/aromatic N) is 3. The second-order valence-corrected chi connectivity index (χ2v) is 9.72. The van der Waals surface area contributed by atoms with Gasteiger partial charge in [-0.1, -0.05) is 43.2 Å². The molecule has 0 amide bonds. The third-order valence-electron chi connectivity index (χ3n) is 7.40. The molecule has 1 unspecified atom stereocenters. The summed E-state index contributed by atoms with van der Waals surface area (Å²) >= 11 is 0. The Morgan fingerprint density at radius 3 is 2.53 bits per heavy atom. The van der Waals surface area contributed by atoms with Crippen molar-refractivity contribution in [1.82, 2.24) is 15.0 Å². The van der Waals surface area contributed by atoms with Crippen molar-refractivity contribution in [3.63, 3.8) is 0 Å². The van der Waals surface area contributed by atoms with Crippen LogP contribution in [0.1, 0.15) is 43.5 Å². The lowest BCUT2D eigenvalue weighted by Crippen LogP contribution is -2.40. The van der Waals surface area contributed by atoms with E-state index in [0.29, 0.717) is 29.2 Å². The lowest BCUT2D eigenvalue weighted by molar-refractivity contribution is 0.157. The van der Waals surface area contributed by atoms with Crippen LogP contribution >= 0.6 is 0 Å². The largest absolute Gasteiger partial charge is 0.454 e. The molecule has 7 rings (SSSR count). The predicted molar refractivity (Wildman–Crippen MR) is 137 cm³/mol. The molecule has 3 aliphatic carbocycles. The standard InChI is InChI=1S/C28H27FN6O/c29-19-13-20(27(31)32-15-19)26(30)28-34-22(24-11-10-23(36-24)18-4-2-1-3-5-18)14-25(35-28)33-21-12-16-6-8-17(21)9-7-16/h1-5,10-11,13-17,21,30H,6-9,12H2,(H2,31,32)(H,33,34,35). The van der Waals surface area contributed by atoms with Gasteiger partial charge in [-0.05, 0) is 49.3 Å². The van der Waals surface area contributed by atoms with Gasteiger partial charge >= 0.3 is 0 Å². The van der Waals surface area contributed by atoms with Gasteiger partial charge in [0.1, 0.15) is 34.6 Å². The highest BCUT2D eigenvalue weighted by atomic mass is 19.1. The summed E-state index contributed by atoms with van der Waals surface area (Å²) in [6, 6.07) is 17.0. The van der Waals surface area contributed by atoms with Crippen LogP contribution in [0.4, 0.5) is 16.0 Å². The van der Waals surface area contributed by atoms with Crippen LogP contribution in [0.5, 0.6) is 0 Å². The van der Waals surface area contributed by atoms with E-state index in [-0.39, 0.29) is 22.9 Å². The average Bonchev–Trinajstić information content (AvgIpc) is 3.41. The Morgan fingerprint density at radius 2 is 1.78 bits per heavy atom. The molecule has 2 bridgehead atoms. The summed E-state index contributed by atoms with van der Waals surface area (Å²) in [5.74, 6) is 2.89. The van der Waals surface area contributed by atoms with Crippen molar-refractivity contribution < 1.29 is 8.81 Å². The fraction of sp³-hybridized carbons (Fsp3) is 0.286. The van der Waals surface area contributed by atoms with Crippen molar-refractivity contribution in [3.05, 3.63) is 78.0 Å². The molecule has 4 aromatic rings. The number of pyridine rings is 1. The van der Waals surface area contributed by atoms with Gasteiger partial charge in [-0.15, -0.1) is 0 Å². The van der Waals surface area contributed by atoms with Crippen LogP contribution in [-0.2, 0) is 0 Å². The first-order valence-corrected chi connectivity index (χ1v) is 12.3. The van der Waals surface area contributed by atoms with Crippen LogP contribution in [0.25, 0.3) is 22.8 Å². The smallest absolute Gasteiger partial charge is 0.180 e. The van der Waals surface area contributed by atoms with Crippen molar-refractivity contribution in [3.8, 4) is 22.8 Å². The Kier molecular flexibility index (Phi) is 5.71. The number of nitrogens with one attached hydrogen (secondary N) is 2. The zero-order chi connectivity index (χ0) is 24.6. The topological polar surface area (TPSA) is 114 Å². The van der Waals surface area contributed by atoms with E-state index < -0.39 is 5.82 Å². The van der Waals surface area contributed by atoms with Gasteiger partial charge in [-0.25, -0.2) is 19.3 Å². The Morgan fingerprint density at radius 1 is 1.00 bits per heavy atom. The van der Waals surface area contributed by atoms with Gasteiger partial charge in [0.05, 0.1) is 6.20 Å². The molecule has 3 aromatic heterocycles. The van der Waals surface area contributed by atoms with Crippen LogP contribution in [-0.4, -0.2) is 26.7 Å². The average molecular weight is 483 g/mol. The minimum absolute atomic E-state index is 0.0545. The van der Waals surface area contributed by atoms with E-state index in [1.165, 1.54) is 31.7 Å². The summed E-state index contributed by atoms with van der Waals surface area (Å²) in [6.45, 7) is 0. The number of anilines is 2. The first kappa shape index (κ1) is 22.4. The summed E-state index contributed by atoms with van der Waals surface area (Å²) in [5, 5.41) is 12.4. The quantitative estimate of drug-likeness (QED) is 0.294. The van der Waals surface area contributed by atoms with Crippen molar-refractivity contribution in [2.24, 2.45) is 11.8 Å². The number of benzene rings is 1. The Hall–Kier alpha value is -4.07. The lowest BCUT2D eigenvalue weighted by atomic mass is 9.68. The molecular weight excluding hydrogens is 455 g/mol. The number of hydrogen-bond acceptors (Lipinski definition) is 7. The lowest BCUT2D eigenvalue weighted by Gasteiger charge is -2.42. The zero-order valence-electron chi connectivity index (χ0n) is 19.7. The maximum absolute atomic E-state index is 13.9. The van der Waals surface area contributed by atoms with Gasteiger partial charge < -0.3 is 15.5 Å². The van der Waals surface area contributed by atoms with Crippen molar-refractivity contribution in [2.75, 3.05) is 11.1 Å². The molecule has 182 valence electrons. The fourth-order valence-corrected chi connectivity index (χ4v) is 5.51. The van der Waals surface area contributed by atoms with Crippen LogP contribution in [0.3, 0.4) is 0 Å². The summed E-state index contributed by atoms with van der Waals surface area (Å²) in [7, 11) is 0. The van der Waals surface area contributed by atoms with Gasteiger partial charge in [0.15, 0.2) is 11.6 Å². The fourth-order valence-electron chi connectivity index (χ4n) is 5.51. The van der Waals surface area contributed by atoms with E-state index >= 15 is 0 Å².